The number of hydrogen-bond acceptors (Lipinski definition) is 5. The molecule has 0 N–H and O–H groups in total. The number of rotatable bonds is 3. The van der Waals surface area contributed by atoms with Crippen molar-refractivity contribution in [2.75, 3.05) is 11.4 Å². The molecule has 0 bridgehead atoms. The van der Waals surface area contributed by atoms with Crippen molar-refractivity contribution in [1.82, 2.24) is 0 Å². The Kier molecular flexibility index (Phi) is 3.29. The van der Waals surface area contributed by atoms with Crippen LogP contribution < -0.4 is 4.90 Å². The van der Waals surface area contributed by atoms with E-state index in [1.807, 2.05) is 0 Å². The number of carbonyl (C=O) groups excluding carboxylic acids is 3. The normalized spacial score (nSPS) is 14.8. The van der Waals surface area contributed by atoms with Crippen LogP contribution in [0.4, 0.5) is 5.69 Å². The highest BCUT2D eigenvalue weighted by Crippen LogP contribution is 2.28. The first-order chi connectivity index (χ1) is 9.04. The number of nitrogens with zero attached hydrogens (tertiary/aromatic N) is 2. The molecule has 0 aromatic heterocycles. The highest BCUT2D eigenvalue weighted by atomic mass is 16.5. The van der Waals surface area contributed by atoms with Crippen LogP contribution >= 0.6 is 0 Å². The maximum atomic E-state index is 11.8. The van der Waals surface area contributed by atoms with Crippen LogP contribution in [0.2, 0.25) is 0 Å². The molecule has 6 heteroatoms. The number of benzene rings is 1. The molecule has 1 atom stereocenters. The van der Waals surface area contributed by atoms with Gasteiger partial charge in [0.25, 0.3) is 11.7 Å². The third kappa shape index (κ3) is 2.31. The Bertz CT molecular complexity index is 603. The lowest BCUT2D eigenvalue weighted by atomic mass is 10.1. The van der Waals surface area contributed by atoms with Crippen molar-refractivity contribution in [3.8, 4) is 6.07 Å². The van der Waals surface area contributed by atoms with Gasteiger partial charge in [0.15, 0.2) is 6.10 Å². The van der Waals surface area contributed by atoms with Crippen molar-refractivity contribution >= 4 is 23.3 Å². The molecule has 1 aliphatic rings. The summed E-state index contributed by atoms with van der Waals surface area (Å²) in [6, 6.07) is 8.17. The van der Waals surface area contributed by atoms with E-state index < -0.39 is 23.8 Å². The molecule has 19 heavy (non-hydrogen) atoms. The highest BCUT2D eigenvalue weighted by Gasteiger charge is 2.36. The minimum absolute atomic E-state index is 0.272. The fourth-order valence-corrected chi connectivity index (χ4v) is 1.80. The molecule has 2 rings (SSSR count). The number of carbonyl (C=O) groups is 3. The molecule has 1 aromatic rings. The summed E-state index contributed by atoms with van der Waals surface area (Å²) in [5.41, 5.74) is 0.660. The van der Waals surface area contributed by atoms with Gasteiger partial charge in [0, 0.05) is 0 Å². The van der Waals surface area contributed by atoms with Crippen molar-refractivity contribution in [3.63, 3.8) is 0 Å². The Hall–Kier alpha value is -2.68. The van der Waals surface area contributed by atoms with E-state index in [2.05, 4.69) is 0 Å². The van der Waals surface area contributed by atoms with Crippen LogP contribution in [0.25, 0.3) is 0 Å². The molecule has 0 aliphatic carbocycles. The summed E-state index contributed by atoms with van der Waals surface area (Å²) in [5, 5.41) is 8.53. The topological polar surface area (TPSA) is 87.5 Å². The lowest BCUT2D eigenvalue weighted by molar-refractivity contribution is -0.144. The van der Waals surface area contributed by atoms with Gasteiger partial charge in [0.05, 0.1) is 11.3 Å². The van der Waals surface area contributed by atoms with Gasteiger partial charge in [-0.25, -0.2) is 0 Å². The van der Waals surface area contributed by atoms with Crippen LogP contribution in [0.1, 0.15) is 17.3 Å². The first-order valence-electron chi connectivity index (χ1n) is 5.59. The summed E-state index contributed by atoms with van der Waals surface area (Å²) in [6.07, 6.45) is -0.892. The summed E-state index contributed by atoms with van der Waals surface area (Å²) >= 11 is 0. The molecule has 1 amide bonds. The monoisotopic (exact) mass is 258 g/mol. The largest absolute Gasteiger partial charge is 0.446 e. The molecule has 0 radical (unpaired) electrons. The van der Waals surface area contributed by atoms with E-state index >= 15 is 0 Å². The predicted octanol–water partition coefficient (Wildman–Crippen LogP) is 0.671. The summed E-state index contributed by atoms with van der Waals surface area (Å²) in [4.78, 5) is 36.0. The minimum Gasteiger partial charge on any atom is -0.446 e. The fraction of sp³-hybridized carbons (Fsp3) is 0.231. The van der Waals surface area contributed by atoms with Crippen LogP contribution in [0, 0.1) is 11.3 Å². The number of hydrogen-bond donors (Lipinski definition) is 0. The summed E-state index contributed by atoms with van der Waals surface area (Å²) in [5.74, 6) is -2.13. The third-order valence-electron chi connectivity index (χ3n) is 2.66. The number of nitriles is 1. The predicted molar refractivity (Wildman–Crippen MR) is 64.3 cm³/mol. The average Bonchev–Trinajstić information content (AvgIpc) is 2.64. The van der Waals surface area contributed by atoms with Gasteiger partial charge in [-0.1, -0.05) is 12.1 Å². The standard InChI is InChI=1S/C13H10N2O4/c1-8(6-14)19-11(16)7-15-10-5-3-2-4-9(10)12(17)13(15)18/h2-5,8H,7H2,1H3/t8-/m0/s1. The number of fused-ring (bicyclic) bond motifs is 1. The van der Waals surface area contributed by atoms with Gasteiger partial charge in [-0.05, 0) is 19.1 Å². The SMILES string of the molecule is C[C@@H](C#N)OC(=O)CN1C(=O)C(=O)c2ccccc21. The molecule has 1 aliphatic heterocycles. The Balaban J connectivity index is 2.18. The molecular weight excluding hydrogens is 248 g/mol. The molecule has 1 aromatic carbocycles. The van der Waals surface area contributed by atoms with Gasteiger partial charge in [0.2, 0.25) is 0 Å². The summed E-state index contributed by atoms with van der Waals surface area (Å²) < 4.78 is 4.75. The van der Waals surface area contributed by atoms with Crippen molar-refractivity contribution in [2.45, 2.75) is 13.0 Å². The maximum absolute atomic E-state index is 11.8. The zero-order chi connectivity index (χ0) is 14.0. The molecule has 0 unspecified atom stereocenters. The number of ketones is 1. The van der Waals surface area contributed by atoms with Crippen LogP contribution in [-0.4, -0.2) is 30.3 Å². The minimum atomic E-state index is -0.892. The van der Waals surface area contributed by atoms with E-state index in [9.17, 15) is 14.4 Å². The zero-order valence-electron chi connectivity index (χ0n) is 10.1. The van der Waals surface area contributed by atoms with E-state index in [1.165, 1.54) is 13.0 Å². The van der Waals surface area contributed by atoms with E-state index in [0.717, 1.165) is 4.90 Å². The molecular formula is C13H10N2O4. The first kappa shape index (κ1) is 12.8. The molecule has 1 heterocycles. The quantitative estimate of drug-likeness (QED) is 0.587. The van der Waals surface area contributed by atoms with E-state index in [4.69, 9.17) is 10.00 Å². The molecule has 0 saturated heterocycles. The lowest BCUT2D eigenvalue weighted by Crippen LogP contribution is -2.36. The van der Waals surface area contributed by atoms with Crippen LogP contribution in [0.3, 0.4) is 0 Å². The Morgan fingerprint density at radius 2 is 2.11 bits per heavy atom. The number of para-hydroxylation sites is 1. The smallest absolute Gasteiger partial charge is 0.327 e. The molecule has 96 valence electrons. The van der Waals surface area contributed by atoms with Crippen molar-refractivity contribution in [1.29, 1.82) is 5.26 Å². The van der Waals surface area contributed by atoms with Crippen LogP contribution in [0.15, 0.2) is 24.3 Å². The van der Waals surface area contributed by atoms with Gasteiger partial charge >= 0.3 is 5.97 Å². The van der Waals surface area contributed by atoms with Gasteiger partial charge in [-0.15, -0.1) is 0 Å². The van der Waals surface area contributed by atoms with E-state index in [-0.39, 0.29) is 12.1 Å². The van der Waals surface area contributed by atoms with Gasteiger partial charge in [-0.2, -0.15) is 5.26 Å². The van der Waals surface area contributed by atoms with Gasteiger partial charge < -0.3 is 4.74 Å². The lowest BCUT2D eigenvalue weighted by Gasteiger charge is -2.15. The Morgan fingerprint density at radius 1 is 1.42 bits per heavy atom. The Morgan fingerprint density at radius 3 is 2.79 bits per heavy atom. The van der Waals surface area contributed by atoms with Crippen molar-refractivity contribution < 1.29 is 19.1 Å². The second kappa shape index (κ2) is 4.90. The summed E-state index contributed by atoms with van der Waals surface area (Å²) in [6.45, 7) is 1.04. The number of amides is 1. The first-order valence-corrected chi connectivity index (χ1v) is 5.59. The zero-order valence-corrected chi connectivity index (χ0v) is 10.1. The Labute approximate surface area is 109 Å². The number of Topliss-reactive ketones (excluding diaryl/α,β-unsaturated/α-hetero) is 1. The van der Waals surface area contributed by atoms with Crippen LogP contribution in [-0.2, 0) is 14.3 Å². The highest BCUT2D eigenvalue weighted by molar-refractivity contribution is 6.52. The second-order valence-corrected chi connectivity index (χ2v) is 4.00. The van der Waals surface area contributed by atoms with E-state index in [1.54, 1.807) is 24.3 Å². The third-order valence-corrected chi connectivity index (χ3v) is 2.66. The molecule has 6 nitrogen and oxygen atoms in total. The van der Waals surface area contributed by atoms with Gasteiger partial charge in [0.1, 0.15) is 12.6 Å². The number of anilines is 1. The van der Waals surface area contributed by atoms with E-state index in [0.29, 0.717) is 5.69 Å². The number of esters is 1. The molecule has 0 spiro atoms. The molecule has 0 saturated carbocycles. The van der Waals surface area contributed by atoms with Gasteiger partial charge in [-0.3, -0.25) is 19.3 Å². The fourth-order valence-electron chi connectivity index (χ4n) is 1.80. The van der Waals surface area contributed by atoms with Crippen molar-refractivity contribution in [2.24, 2.45) is 0 Å². The summed E-state index contributed by atoms with van der Waals surface area (Å²) in [7, 11) is 0. The van der Waals surface area contributed by atoms with Crippen molar-refractivity contribution in [3.05, 3.63) is 29.8 Å². The average molecular weight is 258 g/mol. The van der Waals surface area contributed by atoms with Crippen LogP contribution in [0.5, 0.6) is 0 Å². The maximum Gasteiger partial charge on any atom is 0.327 e. The number of ether oxygens (including phenoxy) is 1. The molecule has 0 fully saturated rings. The second-order valence-electron chi connectivity index (χ2n) is 4.00.